The highest BCUT2D eigenvalue weighted by atomic mass is 16.2. The Morgan fingerprint density at radius 1 is 1.39 bits per heavy atom. The summed E-state index contributed by atoms with van der Waals surface area (Å²) in [5, 5.41) is 3.29. The second kappa shape index (κ2) is 5.11. The fourth-order valence-corrected chi connectivity index (χ4v) is 2.51. The summed E-state index contributed by atoms with van der Waals surface area (Å²) in [5.74, 6) is 0.662. The maximum Gasteiger partial charge on any atom is 0.248 e. The average Bonchev–Trinajstić information content (AvgIpc) is 2.54. The van der Waals surface area contributed by atoms with E-state index in [1.807, 2.05) is 11.8 Å². The highest BCUT2D eigenvalue weighted by Crippen LogP contribution is 2.36. The van der Waals surface area contributed by atoms with Crippen LogP contribution in [0.4, 0.5) is 5.69 Å². The fraction of sp³-hybridized carbons (Fsp3) is 0.533. The van der Waals surface area contributed by atoms with Gasteiger partial charge in [-0.2, -0.15) is 0 Å². The number of hydrogen-bond acceptors (Lipinski definition) is 2. The lowest BCUT2D eigenvalue weighted by Crippen LogP contribution is -2.36. The van der Waals surface area contributed by atoms with Gasteiger partial charge in [0.1, 0.15) is 6.04 Å². The molecule has 1 aromatic carbocycles. The highest BCUT2D eigenvalue weighted by Gasteiger charge is 2.36. The van der Waals surface area contributed by atoms with Crippen LogP contribution in [0.25, 0.3) is 0 Å². The Morgan fingerprint density at radius 3 is 2.72 bits per heavy atom. The molecule has 0 aromatic heterocycles. The second-order valence-corrected chi connectivity index (χ2v) is 5.40. The quantitative estimate of drug-likeness (QED) is 0.885. The molecule has 0 spiro atoms. The molecule has 1 N–H and O–H groups in total. The van der Waals surface area contributed by atoms with E-state index in [0.717, 1.165) is 24.3 Å². The third-order valence-corrected chi connectivity index (χ3v) is 3.25. The minimum absolute atomic E-state index is 0.163. The van der Waals surface area contributed by atoms with Crippen molar-refractivity contribution in [2.45, 2.75) is 33.7 Å². The summed E-state index contributed by atoms with van der Waals surface area (Å²) in [6.45, 7) is 9.98. The van der Waals surface area contributed by atoms with Gasteiger partial charge < -0.3 is 10.2 Å². The minimum atomic E-state index is -0.163. The first-order valence-corrected chi connectivity index (χ1v) is 6.70. The molecule has 0 saturated carbocycles. The van der Waals surface area contributed by atoms with Crippen LogP contribution in [0.15, 0.2) is 18.2 Å². The van der Waals surface area contributed by atoms with Crippen LogP contribution in [-0.2, 0) is 4.79 Å². The molecule has 0 aliphatic carbocycles. The zero-order valence-corrected chi connectivity index (χ0v) is 11.7. The maximum absolute atomic E-state index is 12.5. The van der Waals surface area contributed by atoms with Gasteiger partial charge in [-0.1, -0.05) is 38.5 Å². The van der Waals surface area contributed by atoms with Crippen molar-refractivity contribution in [3.63, 3.8) is 0 Å². The zero-order valence-electron chi connectivity index (χ0n) is 11.7. The molecule has 0 bridgehead atoms. The Kier molecular flexibility index (Phi) is 3.71. The number of fused-ring (bicyclic) bond motifs is 1. The molecule has 2 rings (SSSR count). The monoisotopic (exact) mass is 246 g/mol. The Balaban J connectivity index is 2.40. The van der Waals surface area contributed by atoms with Gasteiger partial charge in [-0.3, -0.25) is 4.79 Å². The van der Waals surface area contributed by atoms with Crippen molar-refractivity contribution in [3.8, 4) is 0 Å². The van der Waals surface area contributed by atoms with Gasteiger partial charge in [0, 0.05) is 17.8 Å². The third-order valence-electron chi connectivity index (χ3n) is 3.25. The average molecular weight is 246 g/mol. The molecule has 1 aliphatic rings. The molecule has 3 nitrogen and oxygen atoms in total. The molecule has 0 saturated heterocycles. The predicted molar refractivity (Wildman–Crippen MR) is 74.8 cm³/mol. The number of amides is 1. The van der Waals surface area contributed by atoms with Crippen molar-refractivity contribution in [2.75, 3.05) is 18.0 Å². The van der Waals surface area contributed by atoms with Crippen LogP contribution in [0, 0.1) is 12.8 Å². The van der Waals surface area contributed by atoms with E-state index in [-0.39, 0.29) is 11.9 Å². The summed E-state index contributed by atoms with van der Waals surface area (Å²) < 4.78 is 0. The summed E-state index contributed by atoms with van der Waals surface area (Å²) in [6, 6.07) is 6.11. The molecule has 1 heterocycles. The number of anilines is 1. The van der Waals surface area contributed by atoms with E-state index >= 15 is 0 Å². The van der Waals surface area contributed by atoms with Crippen molar-refractivity contribution >= 4 is 11.6 Å². The summed E-state index contributed by atoms with van der Waals surface area (Å²) >= 11 is 0. The number of carbonyl (C=O) groups is 1. The van der Waals surface area contributed by atoms with E-state index in [1.54, 1.807) is 0 Å². The third kappa shape index (κ3) is 2.27. The Hall–Kier alpha value is -1.35. The SMILES string of the molecule is CCNC1C(=O)N(CC(C)C)c2ccc(C)cc21. The van der Waals surface area contributed by atoms with Crippen LogP contribution in [0.2, 0.25) is 0 Å². The molecular formula is C15H22N2O. The van der Waals surface area contributed by atoms with Crippen molar-refractivity contribution in [3.05, 3.63) is 29.3 Å². The predicted octanol–water partition coefficient (Wildman–Crippen LogP) is 2.65. The summed E-state index contributed by atoms with van der Waals surface area (Å²) in [4.78, 5) is 14.4. The van der Waals surface area contributed by atoms with Gasteiger partial charge in [-0.05, 0) is 25.5 Å². The van der Waals surface area contributed by atoms with Gasteiger partial charge in [0.15, 0.2) is 0 Å². The van der Waals surface area contributed by atoms with Crippen molar-refractivity contribution in [1.82, 2.24) is 5.32 Å². The molecule has 1 atom stereocenters. The lowest BCUT2D eigenvalue weighted by molar-refractivity contribution is -0.120. The van der Waals surface area contributed by atoms with Gasteiger partial charge >= 0.3 is 0 Å². The van der Waals surface area contributed by atoms with E-state index in [4.69, 9.17) is 0 Å². The van der Waals surface area contributed by atoms with Gasteiger partial charge in [-0.25, -0.2) is 0 Å². The lowest BCUT2D eigenvalue weighted by Gasteiger charge is -2.20. The number of benzene rings is 1. The zero-order chi connectivity index (χ0) is 13.3. The molecule has 3 heteroatoms. The first-order chi connectivity index (χ1) is 8.54. The molecule has 1 unspecified atom stereocenters. The fourth-order valence-electron chi connectivity index (χ4n) is 2.51. The van der Waals surface area contributed by atoms with Gasteiger partial charge in [-0.15, -0.1) is 0 Å². The Labute approximate surface area is 109 Å². The van der Waals surface area contributed by atoms with E-state index in [1.165, 1.54) is 5.56 Å². The van der Waals surface area contributed by atoms with E-state index in [0.29, 0.717) is 5.92 Å². The maximum atomic E-state index is 12.5. The van der Waals surface area contributed by atoms with Crippen LogP contribution < -0.4 is 10.2 Å². The molecule has 0 fully saturated rings. The van der Waals surface area contributed by atoms with Gasteiger partial charge in [0.05, 0.1) is 0 Å². The number of rotatable bonds is 4. The second-order valence-electron chi connectivity index (χ2n) is 5.40. The van der Waals surface area contributed by atoms with Crippen LogP contribution in [0.5, 0.6) is 0 Å². The number of nitrogens with zero attached hydrogens (tertiary/aromatic N) is 1. The molecule has 0 radical (unpaired) electrons. The van der Waals surface area contributed by atoms with Crippen LogP contribution in [-0.4, -0.2) is 19.0 Å². The van der Waals surface area contributed by atoms with Crippen LogP contribution in [0.1, 0.15) is 37.9 Å². The van der Waals surface area contributed by atoms with Crippen LogP contribution >= 0.6 is 0 Å². The van der Waals surface area contributed by atoms with Crippen molar-refractivity contribution < 1.29 is 4.79 Å². The normalized spacial score (nSPS) is 18.6. The Morgan fingerprint density at radius 2 is 2.11 bits per heavy atom. The number of likely N-dealkylation sites (N-methyl/N-ethyl adjacent to an activating group) is 1. The molecule has 1 amide bonds. The summed E-state index contributed by atoms with van der Waals surface area (Å²) in [7, 11) is 0. The first kappa shape index (κ1) is 13.1. The van der Waals surface area contributed by atoms with E-state index < -0.39 is 0 Å². The van der Waals surface area contributed by atoms with Crippen molar-refractivity contribution in [2.24, 2.45) is 5.92 Å². The molecular weight excluding hydrogens is 224 g/mol. The number of hydrogen-bond donors (Lipinski definition) is 1. The molecule has 1 aromatic rings. The van der Waals surface area contributed by atoms with Gasteiger partial charge in [0.2, 0.25) is 5.91 Å². The van der Waals surface area contributed by atoms with E-state index in [2.05, 4.69) is 44.3 Å². The largest absolute Gasteiger partial charge is 0.310 e. The van der Waals surface area contributed by atoms with Crippen LogP contribution in [0.3, 0.4) is 0 Å². The first-order valence-electron chi connectivity index (χ1n) is 6.70. The molecule has 1 aliphatic heterocycles. The summed E-state index contributed by atoms with van der Waals surface area (Å²) in [5.41, 5.74) is 3.41. The molecule has 98 valence electrons. The van der Waals surface area contributed by atoms with Crippen molar-refractivity contribution in [1.29, 1.82) is 0 Å². The minimum Gasteiger partial charge on any atom is -0.310 e. The highest BCUT2D eigenvalue weighted by molar-refractivity contribution is 6.04. The van der Waals surface area contributed by atoms with Gasteiger partial charge in [0.25, 0.3) is 0 Å². The molecule has 18 heavy (non-hydrogen) atoms. The standard InChI is InChI=1S/C15H22N2O/c1-5-16-14-12-8-11(4)6-7-13(12)17(15(14)18)9-10(2)3/h6-8,10,14,16H,5,9H2,1-4H3. The smallest absolute Gasteiger partial charge is 0.248 e. The number of aryl methyl sites for hydroxylation is 1. The number of nitrogens with one attached hydrogen (secondary N) is 1. The lowest BCUT2D eigenvalue weighted by atomic mass is 10.1. The number of carbonyl (C=O) groups excluding carboxylic acids is 1. The summed E-state index contributed by atoms with van der Waals surface area (Å²) in [6.07, 6.45) is 0. The Bertz CT molecular complexity index is 454. The topological polar surface area (TPSA) is 32.3 Å². The van der Waals surface area contributed by atoms with E-state index in [9.17, 15) is 4.79 Å².